The Morgan fingerprint density at radius 1 is 1.54 bits per heavy atom. The number of anilines is 1. The fraction of sp³-hybridized carbons (Fsp3) is 0.333. The van der Waals surface area contributed by atoms with Crippen LogP contribution in [-0.2, 0) is 0 Å². The zero-order valence-corrected chi connectivity index (χ0v) is 9.71. The molecule has 0 atom stereocenters. The summed E-state index contributed by atoms with van der Waals surface area (Å²) in [5.74, 6) is 0.760. The van der Waals surface area contributed by atoms with E-state index in [1.54, 1.807) is 17.8 Å². The number of hydrogen-bond acceptors (Lipinski definition) is 2. The highest BCUT2D eigenvalue weighted by molar-refractivity contribution is 9.10. The molecule has 0 radical (unpaired) electrons. The molecule has 13 heavy (non-hydrogen) atoms. The quantitative estimate of drug-likeness (QED) is 0.837. The number of nitrogens with one attached hydrogen (secondary N) is 1. The SMILES string of the molecule is CSCCNc1c(F)cccc1Br. The largest absolute Gasteiger partial charge is 0.381 e. The van der Waals surface area contributed by atoms with Gasteiger partial charge in [-0.3, -0.25) is 0 Å². The topological polar surface area (TPSA) is 12.0 Å². The Morgan fingerprint density at radius 2 is 2.31 bits per heavy atom. The summed E-state index contributed by atoms with van der Waals surface area (Å²) in [6.07, 6.45) is 2.03. The zero-order chi connectivity index (χ0) is 9.68. The van der Waals surface area contributed by atoms with E-state index in [0.717, 1.165) is 16.8 Å². The molecule has 0 heterocycles. The monoisotopic (exact) mass is 263 g/mol. The van der Waals surface area contributed by atoms with Gasteiger partial charge in [-0.15, -0.1) is 0 Å². The smallest absolute Gasteiger partial charge is 0.147 e. The van der Waals surface area contributed by atoms with Crippen molar-refractivity contribution in [3.8, 4) is 0 Å². The summed E-state index contributed by atoms with van der Waals surface area (Å²) in [5.41, 5.74) is 0.552. The van der Waals surface area contributed by atoms with Gasteiger partial charge in [0.1, 0.15) is 5.82 Å². The zero-order valence-electron chi connectivity index (χ0n) is 7.31. The van der Waals surface area contributed by atoms with Gasteiger partial charge in [0, 0.05) is 16.8 Å². The van der Waals surface area contributed by atoms with Crippen LogP contribution in [0.2, 0.25) is 0 Å². The predicted molar refractivity (Wildman–Crippen MR) is 61.0 cm³/mol. The molecule has 1 rings (SSSR count). The lowest BCUT2D eigenvalue weighted by atomic mass is 10.3. The van der Waals surface area contributed by atoms with Gasteiger partial charge in [0.2, 0.25) is 0 Å². The summed E-state index contributed by atoms with van der Waals surface area (Å²) >= 11 is 5.02. The molecule has 0 spiro atoms. The fourth-order valence-corrected chi connectivity index (χ4v) is 1.73. The van der Waals surface area contributed by atoms with Crippen LogP contribution in [0.5, 0.6) is 0 Å². The highest BCUT2D eigenvalue weighted by Crippen LogP contribution is 2.24. The van der Waals surface area contributed by atoms with E-state index >= 15 is 0 Å². The Labute approximate surface area is 90.2 Å². The van der Waals surface area contributed by atoms with Crippen molar-refractivity contribution in [1.29, 1.82) is 0 Å². The third-order valence-corrected chi connectivity index (χ3v) is 2.84. The number of halogens is 2. The van der Waals surface area contributed by atoms with Crippen LogP contribution < -0.4 is 5.32 Å². The second-order valence-corrected chi connectivity index (χ2v) is 4.36. The van der Waals surface area contributed by atoms with Gasteiger partial charge >= 0.3 is 0 Å². The fourth-order valence-electron chi connectivity index (χ4n) is 0.945. The number of para-hydroxylation sites is 1. The van der Waals surface area contributed by atoms with Crippen molar-refractivity contribution in [3.05, 3.63) is 28.5 Å². The van der Waals surface area contributed by atoms with Crippen LogP contribution in [0.1, 0.15) is 0 Å². The standard InChI is InChI=1S/C9H11BrFNS/c1-13-6-5-12-9-7(10)3-2-4-8(9)11/h2-4,12H,5-6H2,1H3. The second kappa shape index (κ2) is 5.50. The van der Waals surface area contributed by atoms with E-state index in [2.05, 4.69) is 21.2 Å². The first-order chi connectivity index (χ1) is 6.25. The second-order valence-electron chi connectivity index (χ2n) is 2.52. The third-order valence-electron chi connectivity index (χ3n) is 1.57. The first kappa shape index (κ1) is 10.9. The molecule has 0 saturated heterocycles. The van der Waals surface area contributed by atoms with Crippen LogP contribution >= 0.6 is 27.7 Å². The number of benzene rings is 1. The molecule has 0 aromatic heterocycles. The van der Waals surface area contributed by atoms with Crippen LogP contribution in [0.25, 0.3) is 0 Å². The van der Waals surface area contributed by atoms with Crippen molar-refractivity contribution in [3.63, 3.8) is 0 Å². The first-order valence-corrected chi connectivity index (χ1v) is 6.11. The van der Waals surface area contributed by atoms with Gasteiger partial charge < -0.3 is 5.32 Å². The van der Waals surface area contributed by atoms with Crippen molar-refractivity contribution in [2.75, 3.05) is 23.9 Å². The Hall–Kier alpha value is -0.220. The average molecular weight is 264 g/mol. The normalized spacial score (nSPS) is 10.1. The molecule has 1 aromatic carbocycles. The molecule has 0 fully saturated rings. The molecular weight excluding hydrogens is 253 g/mol. The first-order valence-electron chi connectivity index (χ1n) is 3.92. The summed E-state index contributed by atoms with van der Waals surface area (Å²) in [7, 11) is 0. The van der Waals surface area contributed by atoms with Crippen LogP contribution in [0.3, 0.4) is 0 Å². The molecule has 0 aliphatic rings. The number of hydrogen-bond donors (Lipinski definition) is 1. The molecule has 0 bridgehead atoms. The molecule has 0 aliphatic carbocycles. The van der Waals surface area contributed by atoms with Crippen LogP contribution in [0.15, 0.2) is 22.7 Å². The van der Waals surface area contributed by atoms with Crippen molar-refractivity contribution in [1.82, 2.24) is 0 Å². The lowest BCUT2D eigenvalue weighted by Crippen LogP contribution is -2.05. The summed E-state index contributed by atoms with van der Waals surface area (Å²) < 4.78 is 14.0. The van der Waals surface area contributed by atoms with Gasteiger partial charge in [0.05, 0.1) is 5.69 Å². The molecule has 72 valence electrons. The number of rotatable bonds is 4. The van der Waals surface area contributed by atoms with Crippen molar-refractivity contribution < 1.29 is 4.39 Å². The maximum Gasteiger partial charge on any atom is 0.147 e. The minimum atomic E-state index is -0.213. The Morgan fingerprint density at radius 3 is 2.92 bits per heavy atom. The van der Waals surface area contributed by atoms with Gasteiger partial charge in [0.15, 0.2) is 0 Å². The molecule has 4 heteroatoms. The van der Waals surface area contributed by atoms with Gasteiger partial charge in [-0.1, -0.05) is 6.07 Å². The van der Waals surface area contributed by atoms with Crippen molar-refractivity contribution in [2.45, 2.75) is 0 Å². The molecule has 0 amide bonds. The van der Waals surface area contributed by atoms with E-state index in [9.17, 15) is 4.39 Å². The Balaban J connectivity index is 2.64. The summed E-state index contributed by atoms with van der Waals surface area (Å²) in [5, 5.41) is 3.04. The minimum Gasteiger partial charge on any atom is -0.381 e. The summed E-state index contributed by atoms with van der Waals surface area (Å²) in [6.45, 7) is 0.778. The molecule has 0 saturated carbocycles. The van der Waals surface area contributed by atoms with E-state index < -0.39 is 0 Å². The van der Waals surface area contributed by atoms with Crippen molar-refractivity contribution in [2.24, 2.45) is 0 Å². The van der Waals surface area contributed by atoms with E-state index in [1.807, 2.05) is 12.3 Å². The minimum absolute atomic E-state index is 0.213. The molecule has 0 unspecified atom stereocenters. The highest BCUT2D eigenvalue weighted by Gasteiger charge is 2.04. The maximum atomic E-state index is 13.2. The molecular formula is C9H11BrFNS. The highest BCUT2D eigenvalue weighted by atomic mass is 79.9. The van der Waals surface area contributed by atoms with Crippen LogP contribution in [0, 0.1) is 5.82 Å². The van der Waals surface area contributed by atoms with Gasteiger partial charge in [0.25, 0.3) is 0 Å². The Kier molecular flexibility index (Phi) is 4.59. The van der Waals surface area contributed by atoms with Crippen molar-refractivity contribution >= 4 is 33.4 Å². The van der Waals surface area contributed by atoms with Crippen LogP contribution in [-0.4, -0.2) is 18.6 Å². The van der Waals surface area contributed by atoms with E-state index in [0.29, 0.717) is 5.69 Å². The van der Waals surface area contributed by atoms with Gasteiger partial charge in [-0.25, -0.2) is 4.39 Å². The third kappa shape index (κ3) is 3.19. The molecule has 1 aromatic rings. The lowest BCUT2D eigenvalue weighted by molar-refractivity contribution is 0.630. The summed E-state index contributed by atoms with van der Waals surface area (Å²) in [4.78, 5) is 0. The average Bonchev–Trinajstić information content (AvgIpc) is 2.10. The molecule has 1 N–H and O–H groups in total. The molecule has 0 aliphatic heterocycles. The van der Waals surface area contributed by atoms with Gasteiger partial charge in [-0.2, -0.15) is 11.8 Å². The molecule has 1 nitrogen and oxygen atoms in total. The predicted octanol–water partition coefficient (Wildman–Crippen LogP) is 3.36. The van der Waals surface area contributed by atoms with Gasteiger partial charge in [-0.05, 0) is 34.3 Å². The van der Waals surface area contributed by atoms with Crippen LogP contribution in [0.4, 0.5) is 10.1 Å². The maximum absolute atomic E-state index is 13.2. The van der Waals surface area contributed by atoms with E-state index in [1.165, 1.54) is 6.07 Å². The lowest BCUT2D eigenvalue weighted by Gasteiger charge is -2.08. The van der Waals surface area contributed by atoms with E-state index in [4.69, 9.17) is 0 Å². The number of thioether (sulfide) groups is 1. The summed E-state index contributed by atoms with van der Waals surface area (Å²) in [6, 6.07) is 4.95. The Bertz CT molecular complexity index is 260. The van der Waals surface area contributed by atoms with E-state index in [-0.39, 0.29) is 5.82 Å².